The number of carboxylic acids is 1. The number of aliphatic carboxylic acids is 1. The number of rotatable bonds is 9. The van der Waals surface area contributed by atoms with Crippen molar-refractivity contribution < 1.29 is 19.4 Å². The van der Waals surface area contributed by atoms with E-state index in [9.17, 15) is 9.90 Å². The zero-order chi connectivity index (χ0) is 25.3. The minimum absolute atomic E-state index is 0.123. The molecule has 1 aliphatic heterocycles. The second-order valence-electron chi connectivity index (χ2n) is 8.72. The molecule has 1 aliphatic rings. The first kappa shape index (κ1) is 25.0. The van der Waals surface area contributed by atoms with Crippen molar-refractivity contribution in [3.8, 4) is 23.3 Å². The molecular weight excluding hydrogens is 452 g/mol. The third kappa shape index (κ3) is 6.51. The van der Waals surface area contributed by atoms with Crippen molar-refractivity contribution in [1.29, 1.82) is 0 Å². The van der Waals surface area contributed by atoms with Crippen LogP contribution in [0.1, 0.15) is 30.4 Å². The number of carboxylic acid groups (broad SMARTS) is 1. The van der Waals surface area contributed by atoms with Crippen LogP contribution in [0.15, 0.2) is 72.8 Å². The van der Waals surface area contributed by atoms with E-state index in [1.807, 2.05) is 36.4 Å². The number of carbonyl (C=O) groups is 1. The Hall–Kier alpha value is -4.11. The molecule has 6 nitrogen and oxygen atoms in total. The summed E-state index contributed by atoms with van der Waals surface area (Å²) in [7, 11) is 1.68. The van der Waals surface area contributed by atoms with Crippen molar-refractivity contribution in [2.24, 2.45) is 0 Å². The summed E-state index contributed by atoms with van der Waals surface area (Å²) in [6.45, 7) is 5.98. The lowest BCUT2D eigenvalue weighted by atomic mass is 9.96. The maximum atomic E-state index is 11.0. The fourth-order valence-electron chi connectivity index (χ4n) is 4.41. The second kappa shape index (κ2) is 12.0. The highest BCUT2D eigenvalue weighted by Crippen LogP contribution is 2.25. The summed E-state index contributed by atoms with van der Waals surface area (Å²) in [5, 5.41) is 11.0. The lowest BCUT2D eigenvalue weighted by Gasteiger charge is -2.37. The van der Waals surface area contributed by atoms with Gasteiger partial charge in [-0.2, -0.15) is 0 Å². The molecule has 0 spiro atoms. The maximum Gasteiger partial charge on any atom is 0.119 e. The van der Waals surface area contributed by atoms with Gasteiger partial charge in [-0.3, -0.25) is 0 Å². The predicted octanol–water partition coefficient (Wildman–Crippen LogP) is 3.85. The van der Waals surface area contributed by atoms with E-state index in [1.165, 1.54) is 11.4 Å². The van der Waals surface area contributed by atoms with Crippen LogP contribution in [0.25, 0.3) is 0 Å². The van der Waals surface area contributed by atoms with Crippen LogP contribution < -0.4 is 24.4 Å². The zero-order valence-electron chi connectivity index (χ0n) is 20.8. The van der Waals surface area contributed by atoms with Crippen LogP contribution >= 0.6 is 0 Å². The van der Waals surface area contributed by atoms with Gasteiger partial charge in [-0.1, -0.05) is 30.2 Å². The van der Waals surface area contributed by atoms with E-state index in [0.717, 1.165) is 48.8 Å². The Labute approximate surface area is 213 Å². The molecule has 6 heteroatoms. The van der Waals surface area contributed by atoms with Gasteiger partial charge >= 0.3 is 0 Å². The van der Waals surface area contributed by atoms with Gasteiger partial charge < -0.3 is 29.2 Å². The van der Waals surface area contributed by atoms with Crippen LogP contribution in [0, 0.1) is 11.8 Å². The minimum Gasteiger partial charge on any atom is -0.550 e. The second-order valence-corrected chi connectivity index (χ2v) is 8.72. The van der Waals surface area contributed by atoms with Gasteiger partial charge in [0, 0.05) is 49.9 Å². The molecule has 1 heterocycles. The van der Waals surface area contributed by atoms with Crippen molar-refractivity contribution in [2.45, 2.75) is 25.9 Å². The Morgan fingerprint density at radius 1 is 0.917 bits per heavy atom. The molecule has 3 aromatic carbocycles. The predicted molar refractivity (Wildman–Crippen MR) is 140 cm³/mol. The first-order valence-electron chi connectivity index (χ1n) is 12.1. The molecular formula is C30H31N2O4-. The van der Waals surface area contributed by atoms with Gasteiger partial charge in [0.05, 0.1) is 13.0 Å². The molecule has 4 rings (SSSR count). The molecule has 0 unspecified atom stereocenters. The van der Waals surface area contributed by atoms with Crippen LogP contribution in [-0.4, -0.2) is 39.3 Å². The third-order valence-electron chi connectivity index (χ3n) is 6.37. The average molecular weight is 484 g/mol. The first-order valence-corrected chi connectivity index (χ1v) is 12.1. The highest BCUT2D eigenvalue weighted by atomic mass is 16.5. The summed E-state index contributed by atoms with van der Waals surface area (Å²) >= 11 is 0. The first-order chi connectivity index (χ1) is 17.6. The number of benzene rings is 3. The number of anilines is 2. The molecule has 186 valence electrons. The van der Waals surface area contributed by atoms with Gasteiger partial charge in [0.1, 0.15) is 18.1 Å². The maximum absolute atomic E-state index is 11.0. The molecule has 0 radical (unpaired) electrons. The van der Waals surface area contributed by atoms with E-state index in [2.05, 4.69) is 58.0 Å². The normalized spacial score (nSPS) is 13.9. The summed E-state index contributed by atoms with van der Waals surface area (Å²) in [6.07, 6.45) is -0.123. The van der Waals surface area contributed by atoms with Gasteiger partial charge in [0.15, 0.2) is 0 Å². The minimum atomic E-state index is -1.11. The Balaban J connectivity index is 1.32. The van der Waals surface area contributed by atoms with E-state index in [0.29, 0.717) is 6.61 Å². The molecule has 1 saturated heterocycles. The highest BCUT2D eigenvalue weighted by Gasteiger charge is 2.18. The summed E-state index contributed by atoms with van der Waals surface area (Å²) in [6, 6.07) is 24.1. The number of ether oxygens (including phenoxy) is 2. The lowest BCUT2D eigenvalue weighted by Crippen LogP contribution is -2.46. The molecule has 3 aromatic rings. The van der Waals surface area contributed by atoms with Crippen LogP contribution in [-0.2, 0) is 11.4 Å². The topological polar surface area (TPSA) is 65.1 Å². The fourth-order valence-corrected chi connectivity index (χ4v) is 4.41. The summed E-state index contributed by atoms with van der Waals surface area (Å²) < 4.78 is 11.3. The Morgan fingerprint density at radius 2 is 1.56 bits per heavy atom. The van der Waals surface area contributed by atoms with Gasteiger partial charge in [-0.15, -0.1) is 5.92 Å². The van der Waals surface area contributed by atoms with Crippen LogP contribution in [0.3, 0.4) is 0 Å². The Kier molecular flexibility index (Phi) is 8.36. The van der Waals surface area contributed by atoms with E-state index < -0.39 is 5.97 Å². The average Bonchev–Trinajstić information content (AvgIpc) is 2.92. The van der Waals surface area contributed by atoms with Crippen molar-refractivity contribution in [3.05, 3.63) is 83.9 Å². The largest absolute Gasteiger partial charge is 0.550 e. The third-order valence-corrected chi connectivity index (χ3v) is 6.37. The quantitative estimate of drug-likeness (QED) is 0.431. The smallest absolute Gasteiger partial charge is 0.119 e. The van der Waals surface area contributed by atoms with Crippen molar-refractivity contribution in [2.75, 3.05) is 43.1 Å². The fraction of sp³-hybridized carbons (Fsp3) is 0.300. The van der Waals surface area contributed by atoms with Gasteiger partial charge in [0.25, 0.3) is 0 Å². The van der Waals surface area contributed by atoms with E-state index >= 15 is 0 Å². The molecule has 0 aromatic heterocycles. The Morgan fingerprint density at radius 3 is 2.17 bits per heavy atom. The standard InChI is InChI=1S/C30H32N2O4/c1-3-5-25(21-30(33)34)24-8-12-29(13-9-24)36-22-23-6-4-7-27(20-23)32-18-16-31(17-19-32)26-10-14-28(35-2)15-11-26/h4,6-15,20,25H,16-19,21-22H2,1-2H3,(H,33,34)/p-1/t25-/m0/s1. The van der Waals surface area contributed by atoms with Crippen molar-refractivity contribution in [3.63, 3.8) is 0 Å². The van der Waals surface area contributed by atoms with Gasteiger partial charge in [-0.25, -0.2) is 0 Å². The van der Waals surface area contributed by atoms with E-state index in [1.54, 1.807) is 14.0 Å². The summed E-state index contributed by atoms with van der Waals surface area (Å²) in [5.74, 6) is 5.85. The molecule has 0 bridgehead atoms. The zero-order valence-corrected chi connectivity index (χ0v) is 20.8. The number of carbonyl (C=O) groups excluding carboxylic acids is 1. The molecule has 0 saturated carbocycles. The van der Waals surface area contributed by atoms with Crippen LogP contribution in [0.2, 0.25) is 0 Å². The van der Waals surface area contributed by atoms with E-state index in [-0.39, 0.29) is 12.3 Å². The number of hydrogen-bond donors (Lipinski definition) is 0. The van der Waals surface area contributed by atoms with Crippen molar-refractivity contribution >= 4 is 17.3 Å². The van der Waals surface area contributed by atoms with Gasteiger partial charge in [-0.05, 0) is 66.6 Å². The summed E-state index contributed by atoms with van der Waals surface area (Å²) in [4.78, 5) is 15.8. The molecule has 1 fully saturated rings. The number of nitrogens with zero attached hydrogens (tertiary/aromatic N) is 2. The molecule has 1 atom stereocenters. The highest BCUT2D eigenvalue weighted by molar-refractivity contribution is 5.66. The number of methoxy groups -OCH3 is 1. The van der Waals surface area contributed by atoms with E-state index in [4.69, 9.17) is 9.47 Å². The van der Waals surface area contributed by atoms with Crippen LogP contribution in [0.5, 0.6) is 11.5 Å². The monoisotopic (exact) mass is 483 g/mol. The number of hydrogen-bond acceptors (Lipinski definition) is 6. The number of piperazine rings is 1. The SMILES string of the molecule is CC#C[C@@H](CC(=O)[O-])c1ccc(OCc2cccc(N3CCN(c4ccc(OC)cc4)CC3)c2)cc1. The molecule has 36 heavy (non-hydrogen) atoms. The van der Waals surface area contributed by atoms with Gasteiger partial charge in [0.2, 0.25) is 0 Å². The van der Waals surface area contributed by atoms with Crippen molar-refractivity contribution in [1.82, 2.24) is 0 Å². The lowest BCUT2D eigenvalue weighted by molar-refractivity contribution is -0.305. The molecule has 0 aliphatic carbocycles. The van der Waals surface area contributed by atoms with Crippen LogP contribution in [0.4, 0.5) is 11.4 Å². The molecule has 0 amide bonds. The Bertz CT molecular complexity index is 1200. The molecule has 0 N–H and O–H groups in total. The summed E-state index contributed by atoms with van der Waals surface area (Å²) in [5.41, 5.74) is 4.36.